The summed E-state index contributed by atoms with van der Waals surface area (Å²) < 4.78 is 3.66. The Morgan fingerprint density at radius 1 is 1.26 bits per heavy atom. The van der Waals surface area contributed by atoms with E-state index in [1.165, 1.54) is 32.0 Å². The first-order valence-corrected chi connectivity index (χ1v) is 9.80. The van der Waals surface area contributed by atoms with Crippen molar-refractivity contribution in [3.63, 3.8) is 0 Å². The number of fused-ring (bicyclic) bond motifs is 5. The minimum absolute atomic E-state index is 0.119. The average Bonchev–Trinajstić information content (AvgIpc) is 3.08. The minimum Gasteiger partial charge on any atom is -0.308 e. The van der Waals surface area contributed by atoms with E-state index in [1.807, 2.05) is 11.3 Å². The van der Waals surface area contributed by atoms with Crippen LogP contribution >= 0.6 is 27.3 Å². The Bertz CT molecular complexity index is 1100. The summed E-state index contributed by atoms with van der Waals surface area (Å²) in [4.78, 5) is 1.50. The molecule has 1 aliphatic carbocycles. The highest BCUT2D eigenvalue weighted by Crippen LogP contribution is 2.46. The Morgan fingerprint density at radius 2 is 2.09 bits per heavy atom. The predicted octanol–water partition coefficient (Wildman–Crippen LogP) is 4.72. The number of aromatic nitrogens is 1. The van der Waals surface area contributed by atoms with Crippen molar-refractivity contribution in [1.29, 1.82) is 0 Å². The van der Waals surface area contributed by atoms with Gasteiger partial charge in [-0.3, -0.25) is 0 Å². The van der Waals surface area contributed by atoms with Gasteiger partial charge in [-0.1, -0.05) is 42.8 Å². The molecule has 1 aromatic carbocycles. The largest absolute Gasteiger partial charge is 0.308 e. The summed E-state index contributed by atoms with van der Waals surface area (Å²) in [7, 11) is 0. The molecule has 116 valence electrons. The highest BCUT2D eigenvalue weighted by Gasteiger charge is 2.39. The summed E-state index contributed by atoms with van der Waals surface area (Å²) in [5, 5.41) is 6.50. The molecule has 2 aromatic heterocycles. The first-order valence-electron chi connectivity index (χ1n) is 8.13. The average molecular weight is 384 g/mol. The van der Waals surface area contributed by atoms with E-state index in [4.69, 9.17) is 0 Å². The van der Waals surface area contributed by atoms with Crippen LogP contribution in [0, 0.1) is 5.92 Å². The van der Waals surface area contributed by atoms with Crippen LogP contribution in [0.5, 0.6) is 0 Å². The van der Waals surface area contributed by atoms with Gasteiger partial charge in [-0.2, -0.15) is 0 Å². The number of nitrogens with zero attached hydrogens (tertiary/aromatic N) is 1. The van der Waals surface area contributed by atoms with E-state index in [-0.39, 0.29) is 5.41 Å². The molecule has 3 heteroatoms. The first kappa shape index (κ1) is 14.1. The molecule has 3 heterocycles. The van der Waals surface area contributed by atoms with Crippen molar-refractivity contribution in [2.45, 2.75) is 32.6 Å². The Hall–Kier alpha value is -1.32. The van der Waals surface area contributed by atoms with Gasteiger partial charge in [0.15, 0.2) is 0 Å². The lowest BCUT2D eigenvalue weighted by Gasteiger charge is -2.37. The smallest absolute Gasteiger partial charge is 0.0610 e. The van der Waals surface area contributed by atoms with Gasteiger partial charge in [0.05, 0.1) is 16.6 Å². The maximum atomic E-state index is 3.65. The van der Waals surface area contributed by atoms with E-state index in [2.05, 4.69) is 77.0 Å². The van der Waals surface area contributed by atoms with Gasteiger partial charge in [-0.15, -0.1) is 11.3 Å². The van der Waals surface area contributed by atoms with Crippen molar-refractivity contribution >= 4 is 49.8 Å². The van der Waals surface area contributed by atoms with Gasteiger partial charge >= 0.3 is 0 Å². The van der Waals surface area contributed by atoms with Crippen LogP contribution in [0.2, 0.25) is 0 Å². The second-order valence-electron chi connectivity index (χ2n) is 7.27. The number of rotatable bonds is 0. The van der Waals surface area contributed by atoms with Crippen LogP contribution in [0.3, 0.4) is 0 Å². The normalized spacial score (nSPS) is 21.0. The van der Waals surface area contributed by atoms with E-state index < -0.39 is 0 Å². The Kier molecular flexibility index (Phi) is 2.69. The fourth-order valence-corrected chi connectivity index (χ4v) is 6.01. The Labute approximate surface area is 148 Å². The molecule has 1 unspecified atom stereocenters. The predicted molar refractivity (Wildman–Crippen MR) is 103 cm³/mol. The van der Waals surface area contributed by atoms with Gasteiger partial charge in [0, 0.05) is 25.4 Å². The standard InChI is InChI=1S/C20H18BrNS/c1-11-4-6-13-14-10-12(21)5-7-15(14)22-16-8-9-23-19(16)20(2,3)17(11)18(13)22/h5-11H,4H2,1-3H3. The fraction of sp³-hybridized carbons (Fsp3) is 0.300. The highest BCUT2D eigenvalue weighted by atomic mass is 79.9. The third-order valence-electron chi connectivity index (χ3n) is 5.52. The van der Waals surface area contributed by atoms with Crippen LogP contribution in [0.15, 0.2) is 34.1 Å². The number of halogens is 1. The van der Waals surface area contributed by atoms with E-state index >= 15 is 0 Å². The molecule has 0 saturated carbocycles. The molecule has 5 rings (SSSR count). The lowest BCUT2D eigenvalue weighted by Crippen LogP contribution is -2.44. The van der Waals surface area contributed by atoms with Crippen LogP contribution in [-0.2, 0) is 5.41 Å². The van der Waals surface area contributed by atoms with Crippen LogP contribution in [0.1, 0.15) is 32.1 Å². The SMILES string of the molecule is CC1CC=c2c3n(c4ccc(Br)cc24)-c2ccsc2C(C)(C)C=31. The Balaban J connectivity index is 2.14. The molecule has 0 amide bonds. The maximum absolute atomic E-state index is 3.65. The molecule has 0 radical (unpaired) electrons. The van der Waals surface area contributed by atoms with Gasteiger partial charge in [0.1, 0.15) is 0 Å². The lowest BCUT2D eigenvalue weighted by molar-refractivity contribution is 0.588. The molecule has 0 spiro atoms. The lowest BCUT2D eigenvalue weighted by atomic mass is 9.72. The quantitative estimate of drug-likeness (QED) is 0.529. The van der Waals surface area contributed by atoms with Crippen molar-refractivity contribution in [3.05, 3.63) is 49.6 Å². The molecule has 2 aliphatic rings. The minimum atomic E-state index is 0.119. The van der Waals surface area contributed by atoms with Crippen LogP contribution in [0.4, 0.5) is 0 Å². The molecular formula is C20H18BrNS. The monoisotopic (exact) mass is 383 g/mol. The summed E-state index contributed by atoms with van der Waals surface area (Å²) in [6.07, 6.45) is 3.58. The molecule has 0 bridgehead atoms. The van der Waals surface area contributed by atoms with Crippen LogP contribution in [0.25, 0.3) is 28.2 Å². The van der Waals surface area contributed by atoms with Crippen molar-refractivity contribution in [1.82, 2.24) is 4.57 Å². The number of thiophene rings is 1. The van der Waals surface area contributed by atoms with Crippen molar-refractivity contribution < 1.29 is 0 Å². The third kappa shape index (κ3) is 1.62. The van der Waals surface area contributed by atoms with Gasteiger partial charge in [-0.25, -0.2) is 0 Å². The molecule has 1 aliphatic heterocycles. The van der Waals surface area contributed by atoms with E-state index in [0.717, 1.165) is 10.9 Å². The molecule has 3 aromatic rings. The van der Waals surface area contributed by atoms with Crippen molar-refractivity contribution in [2.24, 2.45) is 5.92 Å². The van der Waals surface area contributed by atoms with Gasteiger partial charge in [0.25, 0.3) is 0 Å². The summed E-state index contributed by atoms with van der Waals surface area (Å²) in [6, 6.07) is 8.98. The van der Waals surface area contributed by atoms with Crippen molar-refractivity contribution in [2.75, 3.05) is 0 Å². The molecule has 0 saturated heterocycles. The molecular weight excluding hydrogens is 366 g/mol. The number of hydrogen-bond acceptors (Lipinski definition) is 1. The number of benzene rings is 1. The van der Waals surface area contributed by atoms with E-state index in [0.29, 0.717) is 5.92 Å². The summed E-state index contributed by atoms with van der Waals surface area (Å²) in [5.41, 5.74) is 4.43. The molecule has 1 nitrogen and oxygen atoms in total. The van der Waals surface area contributed by atoms with Gasteiger partial charge in [0.2, 0.25) is 0 Å². The van der Waals surface area contributed by atoms with Crippen LogP contribution < -0.4 is 10.6 Å². The second-order valence-corrected chi connectivity index (χ2v) is 9.11. The second kappa shape index (κ2) is 4.40. The molecule has 1 atom stereocenters. The number of hydrogen-bond donors (Lipinski definition) is 0. The van der Waals surface area contributed by atoms with Crippen molar-refractivity contribution in [3.8, 4) is 5.69 Å². The topological polar surface area (TPSA) is 4.93 Å². The van der Waals surface area contributed by atoms with E-state index in [9.17, 15) is 0 Å². The zero-order chi connectivity index (χ0) is 15.9. The van der Waals surface area contributed by atoms with E-state index in [1.54, 1.807) is 5.57 Å². The van der Waals surface area contributed by atoms with Gasteiger partial charge < -0.3 is 4.57 Å². The zero-order valence-electron chi connectivity index (χ0n) is 13.5. The highest BCUT2D eigenvalue weighted by molar-refractivity contribution is 9.10. The molecule has 23 heavy (non-hydrogen) atoms. The first-order chi connectivity index (χ1) is 11.0. The summed E-state index contributed by atoms with van der Waals surface area (Å²) in [5.74, 6) is 0.597. The summed E-state index contributed by atoms with van der Waals surface area (Å²) >= 11 is 5.55. The Morgan fingerprint density at radius 3 is 2.91 bits per heavy atom. The molecule has 0 N–H and O–H groups in total. The summed E-state index contributed by atoms with van der Waals surface area (Å²) in [6.45, 7) is 7.19. The fourth-order valence-electron chi connectivity index (χ4n) is 4.64. The third-order valence-corrected chi connectivity index (χ3v) is 7.24. The van der Waals surface area contributed by atoms with Gasteiger partial charge in [-0.05, 0) is 47.6 Å². The molecule has 0 fully saturated rings. The maximum Gasteiger partial charge on any atom is 0.0610 e. The van der Waals surface area contributed by atoms with Crippen LogP contribution in [-0.4, -0.2) is 4.57 Å². The zero-order valence-corrected chi connectivity index (χ0v) is 15.9.